The number of carbonyl (C=O) groups excluding carboxylic acids is 2. The zero-order valence-corrected chi connectivity index (χ0v) is 24.6. The maximum atomic E-state index is 13.1. The second-order valence-corrected chi connectivity index (χ2v) is 13.7. The number of nitrogens with two attached hydrogens (primary N) is 1. The van der Waals surface area contributed by atoms with Crippen LogP contribution in [0.15, 0.2) is 31.5 Å². The van der Waals surface area contributed by atoms with E-state index in [9.17, 15) is 19.5 Å². The number of hydrogen-bond acceptors (Lipinski definition) is 12. The summed E-state index contributed by atoms with van der Waals surface area (Å²) in [4.78, 5) is 53.1. The summed E-state index contributed by atoms with van der Waals surface area (Å²) in [6, 6.07) is -0.902. The van der Waals surface area contributed by atoms with Gasteiger partial charge in [0.05, 0.1) is 20.1 Å². The number of aromatic nitrogens is 2. The Bertz CT molecular complexity index is 1350. The number of nitrogens with zero attached hydrogens (tertiary/aromatic N) is 5. The number of thiazole rings is 2. The number of likely N-dealkylation sites (tertiary alicyclic amines) is 1. The Morgan fingerprint density at radius 2 is 2.08 bits per heavy atom. The van der Waals surface area contributed by atoms with E-state index < -0.39 is 29.2 Å². The lowest BCUT2D eigenvalue weighted by Crippen LogP contribution is -2.71. The third kappa shape index (κ3) is 5.79. The van der Waals surface area contributed by atoms with Crippen molar-refractivity contribution in [2.24, 2.45) is 5.16 Å². The predicted octanol–water partition coefficient (Wildman–Crippen LogP) is 1.80. The number of carbonyl (C=O) groups is 3. The van der Waals surface area contributed by atoms with Crippen LogP contribution in [0.25, 0.3) is 0 Å². The number of anilines is 1. The number of oxime groups is 1. The predicted molar refractivity (Wildman–Crippen MR) is 151 cm³/mol. The van der Waals surface area contributed by atoms with E-state index in [0.717, 1.165) is 32.4 Å². The average Bonchev–Trinajstić information content (AvgIpc) is 3.65. The zero-order chi connectivity index (χ0) is 27.7. The summed E-state index contributed by atoms with van der Waals surface area (Å²) in [5, 5.41) is 19.7. The Balaban J connectivity index is 1.24. The number of thioether (sulfide) groups is 2. The second kappa shape index (κ2) is 11.4. The van der Waals surface area contributed by atoms with Crippen molar-refractivity contribution in [3.8, 4) is 0 Å². The minimum absolute atomic E-state index is 0.0216. The number of nitrogen functional groups attached to an aromatic ring is 1. The number of fused-ring (bicyclic) bond motifs is 1. The van der Waals surface area contributed by atoms with Crippen LogP contribution in [0.3, 0.4) is 0 Å². The Kier molecular flexibility index (Phi) is 8.19. The number of quaternary nitrogens is 1. The molecular weight excluding hydrogens is 583 g/mol. The number of β-lactam (4-membered cyclic amide) rings is 1. The van der Waals surface area contributed by atoms with Crippen molar-refractivity contribution in [3.05, 3.63) is 33.4 Å². The van der Waals surface area contributed by atoms with Gasteiger partial charge in [0, 0.05) is 35.1 Å². The number of carboxylic acid groups (broad SMARTS) is 1. The molecule has 2 atom stereocenters. The summed E-state index contributed by atoms with van der Waals surface area (Å²) in [5.41, 5.74) is 7.47. The van der Waals surface area contributed by atoms with Gasteiger partial charge in [0.1, 0.15) is 42.2 Å². The molecule has 2 fully saturated rings. The topological polar surface area (TPSA) is 160 Å². The van der Waals surface area contributed by atoms with E-state index in [4.69, 9.17) is 15.6 Å². The normalized spacial score (nSPS) is 22.5. The number of amides is 2. The van der Waals surface area contributed by atoms with Gasteiger partial charge in [-0.25, -0.2) is 14.8 Å². The molecule has 0 aromatic carbocycles. The minimum atomic E-state index is -1.17. The van der Waals surface area contributed by atoms with E-state index in [1.54, 1.807) is 16.7 Å². The second-order valence-electron chi connectivity index (χ2n) is 9.64. The van der Waals surface area contributed by atoms with E-state index in [1.807, 2.05) is 0 Å². The fourth-order valence-electron chi connectivity index (χ4n) is 4.92. The molecule has 3 aliphatic rings. The molecule has 2 saturated heterocycles. The maximum Gasteiger partial charge on any atom is 0.352 e. The van der Waals surface area contributed by atoms with Crippen LogP contribution in [0.5, 0.6) is 0 Å². The first-order valence-electron chi connectivity index (χ1n) is 12.1. The molecule has 2 aromatic heterocycles. The molecule has 0 radical (unpaired) electrons. The smallest absolute Gasteiger partial charge is 0.352 e. The van der Waals surface area contributed by atoms with Crippen LogP contribution >= 0.6 is 46.2 Å². The van der Waals surface area contributed by atoms with Gasteiger partial charge in [-0.2, -0.15) is 0 Å². The van der Waals surface area contributed by atoms with Gasteiger partial charge in [-0.1, -0.05) is 16.9 Å². The lowest BCUT2D eigenvalue weighted by molar-refractivity contribution is -0.911. The molecule has 5 rings (SSSR count). The maximum absolute atomic E-state index is 13.1. The van der Waals surface area contributed by atoms with Gasteiger partial charge in [0.15, 0.2) is 15.2 Å². The van der Waals surface area contributed by atoms with E-state index in [1.165, 1.54) is 61.5 Å². The van der Waals surface area contributed by atoms with Crippen molar-refractivity contribution in [3.63, 3.8) is 0 Å². The Hall–Kier alpha value is -2.66. The molecule has 208 valence electrons. The number of rotatable bonds is 10. The molecule has 0 spiro atoms. The quantitative estimate of drug-likeness (QED) is 0.119. The summed E-state index contributed by atoms with van der Waals surface area (Å²) >= 11 is 5.60. The first-order chi connectivity index (χ1) is 18.7. The van der Waals surface area contributed by atoms with Crippen LogP contribution in [0.4, 0.5) is 5.13 Å². The monoisotopic (exact) mass is 610 g/mol. The Labute approximate surface area is 241 Å². The van der Waals surface area contributed by atoms with Crippen LogP contribution in [0, 0.1) is 0 Å². The Morgan fingerprint density at radius 3 is 2.74 bits per heavy atom. The molecule has 2 amide bonds. The molecule has 1 unspecified atom stereocenters. The minimum Gasteiger partial charge on any atom is -0.477 e. The van der Waals surface area contributed by atoms with Crippen molar-refractivity contribution in [2.45, 2.75) is 35.1 Å². The van der Waals surface area contributed by atoms with Crippen molar-refractivity contribution in [2.75, 3.05) is 44.5 Å². The van der Waals surface area contributed by atoms with Crippen molar-refractivity contribution in [1.82, 2.24) is 20.2 Å². The van der Waals surface area contributed by atoms with Gasteiger partial charge in [-0.15, -0.1) is 34.4 Å². The lowest BCUT2D eigenvalue weighted by Gasteiger charge is -2.49. The summed E-state index contributed by atoms with van der Waals surface area (Å²) in [5.74, 6) is -1.48. The van der Waals surface area contributed by atoms with Crippen molar-refractivity contribution >= 4 is 74.8 Å². The van der Waals surface area contributed by atoms with E-state index in [0.29, 0.717) is 17.1 Å². The molecule has 3 aliphatic heterocycles. The third-order valence-corrected chi connectivity index (χ3v) is 11.0. The standard InChI is InChI=1S/C23H27N7O5S4/c1-30(5-3-4-6-30)7-13-10-39-23(25-13)38-9-12-8-36-20-16(19(32)29(20)17(12)21(33)34)27-18(31)15(28-35-2)14-11-37-22(24)26-14/h10-11,16,20H,3-9H2,1-2H3,(H3-,24,26,27,31,33,34)/p+1/b28-15-/t16-,20?/m1/s1. The van der Waals surface area contributed by atoms with E-state index in [2.05, 4.69) is 27.9 Å². The fraction of sp³-hybridized carbons (Fsp3) is 0.478. The summed E-state index contributed by atoms with van der Waals surface area (Å²) < 4.78 is 1.89. The SMILES string of the molecule is CO/N=C(\C(=O)N[C@@H]1C(=O)N2C(C(=O)O)=C(CSc3nc(C[N+]4(C)CCCC4)cs3)CSC12)c1csc(N)n1. The number of carboxylic acids is 1. The molecule has 0 bridgehead atoms. The molecule has 5 heterocycles. The Morgan fingerprint density at radius 1 is 1.31 bits per heavy atom. The lowest BCUT2D eigenvalue weighted by atomic mass is 10.0. The van der Waals surface area contributed by atoms with Gasteiger partial charge in [-0.05, 0) is 5.57 Å². The molecule has 0 saturated carbocycles. The number of hydrogen-bond donors (Lipinski definition) is 3. The fourth-order valence-corrected chi connectivity index (χ4v) is 8.79. The molecule has 39 heavy (non-hydrogen) atoms. The van der Waals surface area contributed by atoms with Crippen LogP contribution in [-0.4, -0.2) is 98.1 Å². The molecule has 4 N–H and O–H groups in total. The van der Waals surface area contributed by atoms with Gasteiger partial charge in [-0.3, -0.25) is 14.5 Å². The molecule has 12 nitrogen and oxygen atoms in total. The molecule has 16 heteroatoms. The number of nitrogens with one attached hydrogen (secondary N) is 1. The summed E-state index contributed by atoms with van der Waals surface area (Å²) in [6.07, 6.45) is 2.49. The van der Waals surface area contributed by atoms with Crippen LogP contribution < -0.4 is 11.1 Å². The highest BCUT2D eigenvalue weighted by atomic mass is 32.2. The zero-order valence-electron chi connectivity index (χ0n) is 21.3. The van der Waals surface area contributed by atoms with Crippen molar-refractivity contribution < 1.29 is 28.8 Å². The van der Waals surface area contributed by atoms with E-state index >= 15 is 0 Å². The summed E-state index contributed by atoms with van der Waals surface area (Å²) in [7, 11) is 3.56. The molecule has 0 aliphatic carbocycles. The molecule has 2 aromatic rings. The highest BCUT2D eigenvalue weighted by Gasteiger charge is 2.54. The van der Waals surface area contributed by atoms with Crippen LogP contribution in [0.2, 0.25) is 0 Å². The first-order valence-corrected chi connectivity index (χ1v) is 15.9. The van der Waals surface area contributed by atoms with Gasteiger partial charge in [0.2, 0.25) is 0 Å². The van der Waals surface area contributed by atoms with Crippen LogP contribution in [-0.2, 0) is 25.8 Å². The molecular formula is C23H28N7O5S4+. The summed E-state index contributed by atoms with van der Waals surface area (Å²) in [6.45, 7) is 3.23. The average molecular weight is 611 g/mol. The van der Waals surface area contributed by atoms with Gasteiger partial charge in [0.25, 0.3) is 11.8 Å². The first kappa shape index (κ1) is 27.9. The van der Waals surface area contributed by atoms with Crippen LogP contribution in [0.1, 0.15) is 24.2 Å². The third-order valence-electron chi connectivity index (χ3n) is 6.79. The highest BCUT2D eigenvalue weighted by Crippen LogP contribution is 2.42. The van der Waals surface area contributed by atoms with E-state index in [-0.39, 0.29) is 22.2 Å². The van der Waals surface area contributed by atoms with Gasteiger partial charge >= 0.3 is 5.97 Å². The largest absolute Gasteiger partial charge is 0.477 e. The van der Waals surface area contributed by atoms with Crippen molar-refractivity contribution in [1.29, 1.82) is 0 Å². The van der Waals surface area contributed by atoms with Gasteiger partial charge < -0.3 is 25.5 Å². The highest BCUT2D eigenvalue weighted by molar-refractivity contribution is 8.01. The number of aliphatic carboxylic acids is 1.